The molecular formula is C8H13N3O. The third kappa shape index (κ3) is 2.17. The Hall–Kier alpha value is -1.16. The maximum Gasteiger partial charge on any atom is 0.219 e. The highest BCUT2D eigenvalue weighted by Crippen LogP contribution is 2.11. The molecule has 0 atom stereocenters. The van der Waals surface area contributed by atoms with Gasteiger partial charge >= 0.3 is 0 Å². The van der Waals surface area contributed by atoms with E-state index in [-0.39, 0.29) is 0 Å². The SMILES string of the molecule is CNCCc1cncnc1OC. The van der Waals surface area contributed by atoms with E-state index in [4.69, 9.17) is 4.74 Å². The van der Waals surface area contributed by atoms with E-state index in [0.29, 0.717) is 5.88 Å². The van der Waals surface area contributed by atoms with Gasteiger partial charge in [-0.25, -0.2) is 9.97 Å². The summed E-state index contributed by atoms with van der Waals surface area (Å²) in [5.41, 5.74) is 1.04. The molecule has 1 aromatic heterocycles. The quantitative estimate of drug-likeness (QED) is 0.698. The van der Waals surface area contributed by atoms with Crippen molar-refractivity contribution in [3.8, 4) is 5.88 Å². The molecule has 4 nitrogen and oxygen atoms in total. The van der Waals surface area contributed by atoms with E-state index < -0.39 is 0 Å². The predicted molar refractivity (Wildman–Crippen MR) is 46.2 cm³/mol. The monoisotopic (exact) mass is 167 g/mol. The third-order valence-electron chi connectivity index (χ3n) is 1.58. The minimum absolute atomic E-state index is 0.667. The molecule has 0 aliphatic carbocycles. The van der Waals surface area contributed by atoms with Gasteiger partial charge in [-0.3, -0.25) is 0 Å². The molecule has 1 N–H and O–H groups in total. The zero-order valence-corrected chi connectivity index (χ0v) is 7.37. The average molecular weight is 167 g/mol. The fourth-order valence-corrected chi connectivity index (χ4v) is 0.962. The second-order valence-electron chi connectivity index (χ2n) is 2.41. The van der Waals surface area contributed by atoms with E-state index in [0.717, 1.165) is 18.5 Å². The molecule has 0 saturated heterocycles. The van der Waals surface area contributed by atoms with Crippen LogP contribution in [0.25, 0.3) is 0 Å². The smallest absolute Gasteiger partial charge is 0.219 e. The van der Waals surface area contributed by atoms with Crippen molar-refractivity contribution in [3.63, 3.8) is 0 Å². The van der Waals surface area contributed by atoms with Crippen molar-refractivity contribution in [1.29, 1.82) is 0 Å². The Labute approximate surface area is 72.0 Å². The van der Waals surface area contributed by atoms with E-state index in [1.807, 2.05) is 7.05 Å². The van der Waals surface area contributed by atoms with Crippen LogP contribution < -0.4 is 10.1 Å². The Morgan fingerprint density at radius 1 is 1.58 bits per heavy atom. The first-order valence-corrected chi connectivity index (χ1v) is 3.86. The number of aromatic nitrogens is 2. The van der Waals surface area contributed by atoms with Crippen LogP contribution in [0.4, 0.5) is 0 Å². The van der Waals surface area contributed by atoms with E-state index >= 15 is 0 Å². The molecule has 0 bridgehead atoms. The second kappa shape index (κ2) is 4.66. The Balaban J connectivity index is 2.68. The van der Waals surface area contributed by atoms with Gasteiger partial charge in [-0.05, 0) is 20.0 Å². The van der Waals surface area contributed by atoms with Crippen LogP contribution in [0.3, 0.4) is 0 Å². The van der Waals surface area contributed by atoms with Crippen molar-refractivity contribution in [3.05, 3.63) is 18.1 Å². The van der Waals surface area contributed by atoms with Crippen LogP contribution in [-0.2, 0) is 6.42 Å². The van der Waals surface area contributed by atoms with Crippen LogP contribution in [0.1, 0.15) is 5.56 Å². The molecule has 0 spiro atoms. The minimum atomic E-state index is 0.667. The molecule has 0 saturated carbocycles. The van der Waals surface area contributed by atoms with Gasteiger partial charge in [0.15, 0.2) is 0 Å². The highest BCUT2D eigenvalue weighted by Gasteiger charge is 2.01. The zero-order chi connectivity index (χ0) is 8.81. The fourth-order valence-electron chi connectivity index (χ4n) is 0.962. The van der Waals surface area contributed by atoms with Crippen LogP contribution in [0.2, 0.25) is 0 Å². The molecule has 0 radical (unpaired) electrons. The van der Waals surface area contributed by atoms with Gasteiger partial charge in [0.2, 0.25) is 5.88 Å². The molecule has 4 heteroatoms. The van der Waals surface area contributed by atoms with E-state index in [9.17, 15) is 0 Å². The Bertz CT molecular complexity index is 239. The number of hydrogen-bond donors (Lipinski definition) is 1. The first-order valence-electron chi connectivity index (χ1n) is 3.86. The second-order valence-corrected chi connectivity index (χ2v) is 2.41. The summed E-state index contributed by atoms with van der Waals surface area (Å²) < 4.78 is 5.06. The van der Waals surface area contributed by atoms with Gasteiger partial charge in [0, 0.05) is 11.8 Å². The van der Waals surface area contributed by atoms with Gasteiger partial charge in [-0.1, -0.05) is 0 Å². The molecule has 66 valence electrons. The Morgan fingerprint density at radius 3 is 3.08 bits per heavy atom. The lowest BCUT2D eigenvalue weighted by molar-refractivity contribution is 0.391. The minimum Gasteiger partial charge on any atom is -0.481 e. The molecular weight excluding hydrogens is 154 g/mol. The molecule has 0 aliphatic rings. The number of likely N-dealkylation sites (N-methyl/N-ethyl adjacent to an activating group) is 1. The third-order valence-corrected chi connectivity index (χ3v) is 1.58. The Kier molecular flexibility index (Phi) is 3.47. The van der Waals surface area contributed by atoms with E-state index in [1.165, 1.54) is 6.33 Å². The highest BCUT2D eigenvalue weighted by atomic mass is 16.5. The number of nitrogens with zero attached hydrogens (tertiary/aromatic N) is 2. The average Bonchev–Trinajstić information content (AvgIpc) is 2.15. The van der Waals surface area contributed by atoms with Crippen LogP contribution >= 0.6 is 0 Å². The normalized spacial score (nSPS) is 9.83. The van der Waals surface area contributed by atoms with Gasteiger partial charge in [0.25, 0.3) is 0 Å². The van der Waals surface area contributed by atoms with Crippen molar-refractivity contribution < 1.29 is 4.74 Å². The summed E-state index contributed by atoms with van der Waals surface area (Å²) in [6.07, 6.45) is 4.16. The maximum absolute atomic E-state index is 5.06. The molecule has 0 aromatic carbocycles. The van der Waals surface area contributed by atoms with Crippen molar-refractivity contribution in [2.45, 2.75) is 6.42 Å². The summed E-state index contributed by atoms with van der Waals surface area (Å²) in [6.45, 7) is 0.906. The van der Waals surface area contributed by atoms with Crippen molar-refractivity contribution in [1.82, 2.24) is 15.3 Å². The number of ether oxygens (including phenoxy) is 1. The van der Waals surface area contributed by atoms with Crippen LogP contribution in [0.15, 0.2) is 12.5 Å². The highest BCUT2D eigenvalue weighted by molar-refractivity contribution is 5.22. The lowest BCUT2D eigenvalue weighted by Gasteiger charge is -2.04. The molecule has 0 aliphatic heterocycles. The number of rotatable bonds is 4. The standard InChI is InChI=1S/C8H13N3O/c1-9-4-3-7-5-10-6-11-8(7)12-2/h5-6,9H,3-4H2,1-2H3. The van der Waals surface area contributed by atoms with Gasteiger partial charge in [0.1, 0.15) is 6.33 Å². The molecule has 0 unspecified atom stereocenters. The molecule has 12 heavy (non-hydrogen) atoms. The van der Waals surface area contributed by atoms with E-state index in [1.54, 1.807) is 13.3 Å². The molecule has 0 amide bonds. The van der Waals surface area contributed by atoms with Crippen LogP contribution in [-0.4, -0.2) is 30.7 Å². The molecule has 1 heterocycles. The lowest BCUT2D eigenvalue weighted by atomic mass is 10.2. The molecule has 1 aromatic rings. The van der Waals surface area contributed by atoms with Crippen molar-refractivity contribution in [2.75, 3.05) is 20.7 Å². The fraction of sp³-hybridized carbons (Fsp3) is 0.500. The van der Waals surface area contributed by atoms with Gasteiger partial charge in [-0.2, -0.15) is 0 Å². The summed E-state index contributed by atoms with van der Waals surface area (Å²) in [4.78, 5) is 7.92. The summed E-state index contributed by atoms with van der Waals surface area (Å²) in [7, 11) is 3.53. The summed E-state index contributed by atoms with van der Waals surface area (Å²) in [5.74, 6) is 0.667. The summed E-state index contributed by atoms with van der Waals surface area (Å²) >= 11 is 0. The van der Waals surface area contributed by atoms with Crippen LogP contribution in [0.5, 0.6) is 5.88 Å². The number of methoxy groups -OCH3 is 1. The first kappa shape index (κ1) is 8.93. The number of hydrogen-bond acceptors (Lipinski definition) is 4. The van der Waals surface area contributed by atoms with Crippen molar-refractivity contribution >= 4 is 0 Å². The summed E-state index contributed by atoms with van der Waals surface area (Å²) in [6, 6.07) is 0. The summed E-state index contributed by atoms with van der Waals surface area (Å²) in [5, 5.41) is 3.06. The largest absolute Gasteiger partial charge is 0.481 e. The van der Waals surface area contributed by atoms with Gasteiger partial charge in [0.05, 0.1) is 7.11 Å². The van der Waals surface area contributed by atoms with E-state index in [2.05, 4.69) is 15.3 Å². The first-order chi connectivity index (χ1) is 5.88. The zero-order valence-electron chi connectivity index (χ0n) is 7.37. The van der Waals surface area contributed by atoms with Crippen LogP contribution in [0, 0.1) is 0 Å². The number of nitrogens with one attached hydrogen (secondary N) is 1. The predicted octanol–water partition coefficient (Wildman–Crippen LogP) is 0.247. The Morgan fingerprint density at radius 2 is 2.42 bits per heavy atom. The lowest BCUT2D eigenvalue weighted by Crippen LogP contribution is -2.11. The van der Waals surface area contributed by atoms with Crippen molar-refractivity contribution in [2.24, 2.45) is 0 Å². The van der Waals surface area contributed by atoms with Gasteiger partial charge in [-0.15, -0.1) is 0 Å². The molecule has 0 fully saturated rings. The van der Waals surface area contributed by atoms with Gasteiger partial charge < -0.3 is 10.1 Å². The topological polar surface area (TPSA) is 47.0 Å². The molecule has 1 rings (SSSR count). The maximum atomic E-state index is 5.06.